The van der Waals surface area contributed by atoms with Gasteiger partial charge >= 0.3 is 6.03 Å². The molecule has 4 rings (SSSR count). The number of nitrogens with one attached hydrogen (secondary N) is 1. The predicted octanol–water partition coefficient (Wildman–Crippen LogP) is 3.18. The Bertz CT molecular complexity index is 938. The van der Waals surface area contributed by atoms with Crippen molar-refractivity contribution in [1.29, 1.82) is 0 Å². The summed E-state index contributed by atoms with van der Waals surface area (Å²) in [7, 11) is 3.33. The average Bonchev–Trinajstić information content (AvgIpc) is 2.88. The quantitative estimate of drug-likeness (QED) is 0.800. The van der Waals surface area contributed by atoms with E-state index in [1.165, 1.54) is 0 Å². The van der Waals surface area contributed by atoms with Gasteiger partial charge in [0.25, 0.3) is 5.91 Å². The number of benzene rings is 2. The molecule has 0 radical (unpaired) electrons. The summed E-state index contributed by atoms with van der Waals surface area (Å²) in [6, 6.07) is 16.0. The van der Waals surface area contributed by atoms with Crippen molar-refractivity contribution in [3.8, 4) is 5.75 Å². The van der Waals surface area contributed by atoms with Gasteiger partial charge in [0.1, 0.15) is 5.75 Å². The van der Waals surface area contributed by atoms with Gasteiger partial charge in [-0.2, -0.15) is 0 Å². The fourth-order valence-electron chi connectivity index (χ4n) is 4.66. The molecule has 1 N–H and O–H groups in total. The molecule has 0 bridgehead atoms. The zero-order chi connectivity index (χ0) is 22.5. The van der Waals surface area contributed by atoms with Crippen LogP contribution in [0, 0.1) is 0 Å². The number of likely N-dealkylation sites (tertiary alicyclic amines) is 1. The number of carbonyl (C=O) groups is 2. The van der Waals surface area contributed by atoms with Gasteiger partial charge in [-0.15, -0.1) is 0 Å². The molecule has 2 saturated heterocycles. The number of carbonyl (C=O) groups excluding carboxylic acids is 2. The lowest BCUT2D eigenvalue weighted by atomic mass is 9.89. The van der Waals surface area contributed by atoms with Crippen LogP contribution in [0.2, 0.25) is 0 Å². The molecule has 2 aliphatic rings. The minimum absolute atomic E-state index is 0.0309. The summed E-state index contributed by atoms with van der Waals surface area (Å²) in [5.74, 6) is 1.19. The first-order valence-electron chi connectivity index (χ1n) is 11.3. The Labute approximate surface area is 189 Å². The van der Waals surface area contributed by atoms with Crippen molar-refractivity contribution in [3.63, 3.8) is 0 Å². The summed E-state index contributed by atoms with van der Waals surface area (Å²) in [6.45, 7) is 4.49. The zero-order valence-electron chi connectivity index (χ0n) is 18.9. The van der Waals surface area contributed by atoms with Crippen LogP contribution in [0.1, 0.15) is 34.7 Å². The smallest absolute Gasteiger partial charge is 0.317 e. The number of anilines is 1. The Morgan fingerprint density at radius 3 is 2.41 bits per heavy atom. The molecule has 0 saturated carbocycles. The van der Waals surface area contributed by atoms with E-state index in [2.05, 4.69) is 28.4 Å². The Morgan fingerprint density at radius 2 is 1.72 bits per heavy atom. The number of piperidine rings is 1. The Morgan fingerprint density at radius 1 is 0.969 bits per heavy atom. The molecule has 0 unspecified atom stereocenters. The van der Waals surface area contributed by atoms with Crippen molar-refractivity contribution >= 4 is 17.6 Å². The number of hydrogen-bond acceptors (Lipinski definition) is 4. The summed E-state index contributed by atoms with van der Waals surface area (Å²) in [5.41, 5.74) is 3.02. The minimum atomic E-state index is -0.0309. The monoisotopic (exact) mass is 436 g/mol. The van der Waals surface area contributed by atoms with Crippen molar-refractivity contribution in [2.24, 2.45) is 0 Å². The molecule has 1 atom stereocenters. The molecule has 32 heavy (non-hydrogen) atoms. The van der Waals surface area contributed by atoms with Gasteiger partial charge < -0.3 is 24.8 Å². The van der Waals surface area contributed by atoms with Crippen LogP contribution in [0.4, 0.5) is 10.5 Å². The maximum Gasteiger partial charge on any atom is 0.317 e. The van der Waals surface area contributed by atoms with Crippen molar-refractivity contribution in [2.75, 3.05) is 58.3 Å². The molecular weight excluding hydrogens is 404 g/mol. The van der Waals surface area contributed by atoms with Crippen LogP contribution >= 0.6 is 0 Å². The summed E-state index contributed by atoms with van der Waals surface area (Å²) >= 11 is 0. The van der Waals surface area contributed by atoms with Gasteiger partial charge in [0.15, 0.2) is 0 Å². The van der Waals surface area contributed by atoms with E-state index in [1.54, 1.807) is 14.2 Å². The molecule has 2 heterocycles. The van der Waals surface area contributed by atoms with Gasteiger partial charge in [-0.25, -0.2) is 4.79 Å². The van der Waals surface area contributed by atoms with E-state index in [1.807, 2.05) is 40.1 Å². The van der Waals surface area contributed by atoms with Crippen LogP contribution in [-0.2, 0) is 0 Å². The number of nitrogens with zero attached hydrogens (tertiary/aromatic N) is 3. The topological polar surface area (TPSA) is 65.1 Å². The SMILES string of the molecule is CNC(=O)N1CCC[C@H](c2cccc(C(=O)N3CCN(c4ccc(OC)cc4)CC3)c2)C1. The van der Waals surface area contributed by atoms with Crippen molar-refractivity contribution in [1.82, 2.24) is 15.1 Å². The van der Waals surface area contributed by atoms with Crippen LogP contribution in [0.15, 0.2) is 48.5 Å². The molecule has 2 aromatic rings. The summed E-state index contributed by atoms with van der Waals surface area (Å²) in [5, 5.41) is 2.72. The van der Waals surface area contributed by atoms with Gasteiger partial charge in [0.2, 0.25) is 0 Å². The van der Waals surface area contributed by atoms with Crippen LogP contribution in [-0.4, -0.2) is 75.2 Å². The predicted molar refractivity (Wildman–Crippen MR) is 126 cm³/mol. The maximum absolute atomic E-state index is 13.2. The van der Waals surface area contributed by atoms with Crippen LogP contribution in [0.3, 0.4) is 0 Å². The van der Waals surface area contributed by atoms with Crippen LogP contribution in [0.25, 0.3) is 0 Å². The number of ether oxygens (including phenoxy) is 1. The molecule has 2 aromatic carbocycles. The molecule has 170 valence electrons. The number of rotatable bonds is 4. The van der Waals surface area contributed by atoms with Crippen molar-refractivity contribution in [3.05, 3.63) is 59.7 Å². The number of hydrogen-bond donors (Lipinski definition) is 1. The standard InChI is InChI=1S/C25H32N4O3/c1-26-25(31)29-12-4-7-21(18-29)19-5-3-6-20(17-19)24(30)28-15-13-27(14-16-28)22-8-10-23(32-2)11-9-22/h3,5-6,8-11,17,21H,4,7,12-16,18H2,1-2H3,(H,26,31)/t21-/m0/s1. The average molecular weight is 437 g/mol. The molecular formula is C25H32N4O3. The largest absolute Gasteiger partial charge is 0.497 e. The molecule has 7 heteroatoms. The second kappa shape index (κ2) is 9.94. The van der Waals surface area contributed by atoms with Crippen LogP contribution in [0.5, 0.6) is 5.75 Å². The third-order valence-corrected chi connectivity index (χ3v) is 6.53. The lowest BCUT2D eigenvalue weighted by Crippen LogP contribution is -2.48. The fraction of sp³-hybridized carbons (Fsp3) is 0.440. The lowest BCUT2D eigenvalue weighted by Gasteiger charge is -2.36. The Hall–Kier alpha value is -3.22. The van der Waals surface area contributed by atoms with E-state index in [4.69, 9.17) is 4.74 Å². The summed E-state index contributed by atoms with van der Waals surface area (Å²) in [6.07, 6.45) is 2.01. The highest BCUT2D eigenvalue weighted by Crippen LogP contribution is 2.28. The first-order chi connectivity index (χ1) is 15.6. The number of amides is 3. The number of methoxy groups -OCH3 is 1. The first-order valence-corrected chi connectivity index (χ1v) is 11.3. The molecule has 2 aliphatic heterocycles. The van der Waals surface area contributed by atoms with E-state index in [0.717, 1.165) is 55.0 Å². The number of piperazine rings is 1. The molecule has 2 fully saturated rings. The van der Waals surface area contributed by atoms with E-state index >= 15 is 0 Å². The van der Waals surface area contributed by atoms with Gasteiger partial charge in [-0.05, 0) is 54.8 Å². The molecule has 0 spiro atoms. The highest BCUT2D eigenvalue weighted by molar-refractivity contribution is 5.94. The van der Waals surface area contributed by atoms with Crippen LogP contribution < -0.4 is 15.0 Å². The highest BCUT2D eigenvalue weighted by atomic mass is 16.5. The second-order valence-corrected chi connectivity index (χ2v) is 8.44. The zero-order valence-corrected chi connectivity index (χ0v) is 18.9. The van der Waals surface area contributed by atoms with Gasteiger partial charge in [-0.1, -0.05) is 12.1 Å². The van der Waals surface area contributed by atoms with Crippen molar-refractivity contribution in [2.45, 2.75) is 18.8 Å². The maximum atomic E-state index is 13.2. The van der Waals surface area contributed by atoms with E-state index in [0.29, 0.717) is 19.6 Å². The Balaban J connectivity index is 1.38. The third-order valence-electron chi connectivity index (χ3n) is 6.53. The second-order valence-electron chi connectivity index (χ2n) is 8.44. The van der Waals surface area contributed by atoms with E-state index < -0.39 is 0 Å². The summed E-state index contributed by atoms with van der Waals surface area (Å²) < 4.78 is 5.24. The molecule has 0 aliphatic carbocycles. The highest BCUT2D eigenvalue weighted by Gasteiger charge is 2.26. The molecule has 3 amide bonds. The van der Waals surface area contributed by atoms with Crippen molar-refractivity contribution < 1.29 is 14.3 Å². The summed E-state index contributed by atoms with van der Waals surface area (Å²) in [4.78, 5) is 31.3. The van der Waals surface area contributed by atoms with E-state index in [9.17, 15) is 9.59 Å². The van der Waals surface area contributed by atoms with Gasteiger partial charge in [-0.3, -0.25) is 4.79 Å². The Kier molecular flexibility index (Phi) is 6.83. The van der Waals surface area contributed by atoms with Gasteiger partial charge in [0, 0.05) is 63.5 Å². The first kappa shape index (κ1) is 22.0. The minimum Gasteiger partial charge on any atom is -0.497 e. The third kappa shape index (κ3) is 4.82. The fourth-order valence-corrected chi connectivity index (χ4v) is 4.66. The van der Waals surface area contributed by atoms with E-state index in [-0.39, 0.29) is 17.9 Å². The van der Waals surface area contributed by atoms with Gasteiger partial charge in [0.05, 0.1) is 7.11 Å². The molecule has 0 aromatic heterocycles. The molecule has 7 nitrogen and oxygen atoms in total. The number of urea groups is 1. The normalized spacial score (nSPS) is 18.9. The lowest BCUT2D eigenvalue weighted by molar-refractivity contribution is 0.0746.